The van der Waals surface area contributed by atoms with Crippen molar-refractivity contribution >= 4 is 22.8 Å². The van der Waals surface area contributed by atoms with Gasteiger partial charge in [-0.2, -0.15) is 0 Å². The Bertz CT molecular complexity index is 1330. The summed E-state index contributed by atoms with van der Waals surface area (Å²) in [6.45, 7) is 9.01. The monoisotopic (exact) mass is 456 g/mol. The quantitative estimate of drug-likeness (QED) is 0.352. The minimum atomic E-state index is -0.518. The van der Waals surface area contributed by atoms with Gasteiger partial charge in [0.25, 0.3) is 0 Å². The molecule has 34 heavy (non-hydrogen) atoms. The van der Waals surface area contributed by atoms with E-state index in [1.54, 1.807) is 0 Å². The topological polar surface area (TPSA) is 60.2 Å². The van der Waals surface area contributed by atoms with Gasteiger partial charge in [0.2, 0.25) is 0 Å². The van der Waals surface area contributed by atoms with Crippen molar-refractivity contribution in [3.63, 3.8) is 0 Å². The first-order valence-electron chi connectivity index (χ1n) is 11.6. The van der Waals surface area contributed by atoms with E-state index in [0.717, 1.165) is 51.5 Å². The van der Waals surface area contributed by atoms with Crippen molar-refractivity contribution in [3.05, 3.63) is 88.4 Å². The number of anilines is 1. The van der Waals surface area contributed by atoms with Gasteiger partial charge in [0, 0.05) is 24.8 Å². The van der Waals surface area contributed by atoms with Crippen LogP contribution >= 0.6 is 0 Å². The molecule has 0 bridgehead atoms. The SMILES string of the molecule is CCc1nc2c(C)cc(C)nc2n1Cc1ccc(N(C)C(C(=O)OC)c2ccccc2)c(C)c1. The fourth-order valence-corrected chi connectivity index (χ4v) is 4.68. The fourth-order valence-electron chi connectivity index (χ4n) is 4.68. The third-order valence-corrected chi connectivity index (χ3v) is 6.33. The van der Waals surface area contributed by atoms with Crippen LogP contribution in [0.1, 0.15) is 46.7 Å². The number of methoxy groups -OCH3 is 1. The van der Waals surface area contributed by atoms with Crippen LogP contribution < -0.4 is 4.90 Å². The second kappa shape index (κ2) is 9.67. The summed E-state index contributed by atoms with van der Waals surface area (Å²) >= 11 is 0. The molecule has 0 aliphatic rings. The Morgan fingerprint density at radius 2 is 1.76 bits per heavy atom. The molecule has 2 heterocycles. The summed E-state index contributed by atoms with van der Waals surface area (Å²) in [6.07, 6.45) is 0.840. The summed E-state index contributed by atoms with van der Waals surface area (Å²) in [5.74, 6) is 0.747. The zero-order chi connectivity index (χ0) is 24.4. The molecule has 1 unspecified atom stereocenters. The first-order valence-corrected chi connectivity index (χ1v) is 11.6. The molecule has 4 aromatic rings. The van der Waals surface area contributed by atoms with Crippen LogP contribution in [0.15, 0.2) is 54.6 Å². The van der Waals surface area contributed by atoms with Crippen molar-refractivity contribution in [2.45, 2.75) is 46.7 Å². The number of benzene rings is 2. The number of likely N-dealkylation sites (N-methyl/N-ethyl adjacent to an activating group) is 1. The molecule has 0 aliphatic heterocycles. The maximum absolute atomic E-state index is 12.7. The molecule has 0 saturated heterocycles. The number of carbonyl (C=O) groups excluding carboxylic acids is 1. The van der Waals surface area contributed by atoms with E-state index in [1.165, 1.54) is 12.7 Å². The minimum absolute atomic E-state index is 0.286. The molecule has 176 valence electrons. The summed E-state index contributed by atoms with van der Waals surface area (Å²) < 4.78 is 7.35. The molecule has 0 aliphatic carbocycles. The average Bonchev–Trinajstić information content (AvgIpc) is 3.17. The number of rotatable bonds is 7. The summed E-state index contributed by atoms with van der Waals surface area (Å²) in [4.78, 5) is 24.3. The highest BCUT2D eigenvalue weighted by atomic mass is 16.5. The Morgan fingerprint density at radius 3 is 2.41 bits per heavy atom. The Morgan fingerprint density at radius 1 is 1.03 bits per heavy atom. The number of hydrogen-bond donors (Lipinski definition) is 0. The third-order valence-electron chi connectivity index (χ3n) is 6.33. The van der Waals surface area contributed by atoms with Crippen LogP contribution in [0.3, 0.4) is 0 Å². The zero-order valence-electron chi connectivity index (χ0n) is 20.8. The van der Waals surface area contributed by atoms with Gasteiger partial charge in [-0.25, -0.2) is 14.8 Å². The lowest BCUT2D eigenvalue weighted by molar-refractivity contribution is -0.142. The number of carbonyl (C=O) groups is 1. The van der Waals surface area contributed by atoms with Crippen molar-refractivity contribution in [1.82, 2.24) is 14.5 Å². The van der Waals surface area contributed by atoms with Crippen LogP contribution in [0.4, 0.5) is 5.69 Å². The van der Waals surface area contributed by atoms with Crippen LogP contribution in [0.25, 0.3) is 11.2 Å². The normalized spacial score (nSPS) is 12.1. The minimum Gasteiger partial charge on any atom is -0.467 e. The van der Waals surface area contributed by atoms with E-state index < -0.39 is 6.04 Å². The number of nitrogens with zero attached hydrogens (tertiary/aromatic N) is 4. The highest BCUT2D eigenvalue weighted by Crippen LogP contribution is 2.30. The Balaban J connectivity index is 1.69. The third kappa shape index (κ3) is 4.40. The predicted molar refractivity (Wildman–Crippen MR) is 136 cm³/mol. The van der Waals surface area contributed by atoms with Gasteiger partial charge in [-0.1, -0.05) is 49.4 Å². The van der Waals surface area contributed by atoms with Gasteiger partial charge in [-0.15, -0.1) is 0 Å². The molecule has 0 N–H and O–H groups in total. The Labute approximate surface area is 201 Å². The molecule has 2 aromatic heterocycles. The largest absolute Gasteiger partial charge is 0.467 e. The molecule has 0 radical (unpaired) electrons. The predicted octanol–water partition coefficient (Wildman–Crippen LogP) is 5.32. The fraction of sp³-hybridized carbons (Fsp3) is 0.321. The molecule has 0 fully saturated rings. The summed E-state index contributed by atoms with van der Waals surface area (Å²) in [5, 5.41) is 0. The highest BCUT2D eigenvalue weighted by Gasteiger charge is 2.27. The van der Waals surface area contributed by atoms with E-state index in [4.69, 9.17) is 14.7 Å². The lowest BCUT2D eigenvalue weighted by Crippen LogP contribution is -2.32. The maximum Gasteiger partial charge on any atom is 0.333 e. The molecule has 4 rings (SSSR count). The van der Waals surface area contributed by atoms with E-state index in [9.17, 15) is 4.79 Å². The van der Waals surface area contributed by atoms with Gasteiger partial charge < -0.3 is 14.2 Å². The van der Waals surface area contributed by atoms with Gasteiger partial charge in [0.1, 0.15) is 11.3 Å². The first kappa shape index (κ1) is 23.5. The lowest BCUT2D eigenvalue weighted by Gasteiger charge is -2.30. The number of ether oxygens (including phenoxy) is 1. The molecule has 2 aromatic carbocycles. The number of aryl methyl sites for hydroxylation is 4. The molecule has 0 spiro atoms. The first-order chi connectivity index (χ1) is 16.3. The average molecular weight is 457 g/mol. The zero-order valence-corrected chi connectivity index (χ0v) is 20.8. The standard InChI is InChI=1S/C28H32N4O2/c1-7-24-30-25-19(3)15-20(4)29-27(25)32(24)17-21-13-14-23(18(2)16-21)31(5)26(28(33)34-6)22-11-9-8-10-12-22/h8-16,26H,7,17H2,1-6H3. The van der Waals surface area contributed by atoms with E-state index in [1.807, 2.05) is 49.2 Å². The highest BCUT2D eigenvalue weighted by molar-refractivity contribution is 5.82. The molecule has 6 nitrogen and oxygen atoms in total. The molecule has 0 saturated carbocycles. The van der Waals surface area contributed by atoms with E-state index >= 15 is 0 Å². The summed E-state index contributed by atoms with van der Waals surface area (Å²) in [7, 11) is 3.37. The van der Waals surface area contributed by atoms with Gasteiger partial charge in [-0.05, 0) is 55.2 Å². The maximum atomic E-state index is 12.7. The van der Waals surface area contributed by atoms with Gasteiger partial charge in [0.05, 0.1) is 13.7 Å². The second-order valence-electron chi connectivity index (χ2n) is 8.79. The number of pyridine rings is 1. The molecular formula is C28H32N4O2. The van der Waals surface area contributed by atoms with E-state index in [2.05, 4.69) is 49.6 Å². The number of hydrogen-bond acceptors (Lipinski definition) is 5. The van der Waals surface area contributed by atoms with E-state index in [0.29, 0.717) is 6.54 Å². The number of imidazole rings is 1. The number of esters is 1. The molecule has 1 atom stereocenters. The molecular weight excluding hydrogens is 424 g/mol. The summed E-state index contributed by atoms with van der Waals surface area (Å²) in [6, 6.07) is 17.7. The smallest absolute Gasteiger partial charge is 0.333 e. The lowest BCUT2D eigenvalue weighted by atomic mass is 10.0. The van der Waals surface area contributed by atoms with Crippen LogP contribution in [0.2, 0.25) is 0 Å². The van der Waals surface area contributed by atoms with Crippen molar-refractivity contribution < 1.29 is 9.53 Å². The molecule has 0 amide bonds. The van der Waals surface area contributed by atoms with Gasteiger partial charge in [-0.3, -0.25) is 0 Å². The Hall–Kier alpha value is -3.67. The van der Waals surface area contributed by atoms with Crippen molar-refractivity contribution in [2.24, 2.45) is 0 Å². The van der Waals surface area contributed by atoms with Crippen LogP contribution in [0.5, 0.6) is 0 Å². The second-order valence-corrected chi connectivity index (χ2v) is 8.79. The van der Waals surface area contributed by atoms with Crippen molar-refractivity contribution in [1.29, 1.82) is 0 Å². The molecule has 6 heteroatoms. The van der Waals surface area contributed by atoms with E-state index in [-0.39, 0.29) is 5.97 Å². The number of fused-ring (bicyclic) bond motifs is 1. The van der Waals surface area contributed by atoms with Crippen LogP contribution in [-0.2, 0) is 22.5 Å². The van der Waals surface area contributed by atoms with Crippen molar-refractivity contribution in [3.8, 4) is 0 Å². The number of aromatic nitrogens is 3. The summed E-state index contributed by atoms with van der Waals surface area (Å²) in [5.41, 5.74) is 8.19. The van der Waals surface area contributed by atoms with Crippen LogP contribution in [-0.4, -0.2) is 34.7 Å². The Kier molecular flexibility index (Phi) is 6.68. The van der Waals surface area contributed by atoms with Crippen LogP contribution in [0, 0.1) is 20.8 Å². The van der Waals surface area contributed by atoms with Crippen molar-refractivity contribution in [2.75, 3.05) is 19.1 Å². The van der Waals surface area contributed by atoms with Gasteiger partial charge >= 0.3 is 5.97 Å². The van der Waals surface area contributed by atoms with Gasteiger partial charge in [0.15, 0.2) is 11.7 Å².